The molecule has 1 N–H and O–H groups in total. The fourth-order valence-electron chi connectivity index (χ4n) is 4.23. The standard InChI is InChI=1S/C24H16N2O5/c27-21-17-12-11-15(24(30)31)13-18(17)22(28)26(21)20-19(14-7-3-1-4-8-14)25(23(20)29)16-9-5-2-6-10-16/h1-13,19-20H,(H,30,31)/t19-,20-/m1/s1. The second kappa shape index (κ2) is 6.91. The van der Waals surface area contributed by atoms with E-state index in [4.69, 9.17) is 0 Å². The van der Waals surface area contributed by atoms with Crippen LogP contribution in [0.2, 0.25) is 0 Å². The Labute approximate surface area is 177 Å². The quantitative estimate of drug-likeness (QED) is 0.525. The summed E-state index contributed by atoms with van der Waals surface area (Å²) >= 11 is 0. The van der Waals surface area contributed by atoms with Crippen molar-refractivity contribution in [1.29, 1.82) is 0 Å². The lowest BCUT2D eigenvalue weighted by atomic mass is 9.86. The maximum absolute atomic E-state index is 13.2. The molecule has 2 aliphatic rings. The summed E-state index contributed by atoms with van der Waals surface area (Å²) in [5, 5.41) is 9.22. The van der Waals surface area contributed by atoms with Gasteiger partial charge in [0.15, 0.2) is 0 Å². The molecule has 0 bridgehead atoms. The van der Waals surface area contributed by atoms with Gasteiger partial charge in [-0.2, -0.15) is 0 Å². The van der Waals surface area contributed by atoms with Gasteiger partial charge in [0.05, 0.1) is 22.7 Å². The molecule has 7 nitrogen and oxygen atoms in total. The van der Waals surface area contributed by atoms with Gasteiger partial charge in [-0.25, -0.2) is 4.79 Å². The van der Waals surface area contributed by atoms with Crippen molar-refractivity contribution in [3.8, 4) is 0 Å². The summed E-state index contributed by atoms with van der Waals surface area (Å²) in [4.78, 5) is 53.3. The highest BCUT2D eigenvalue weighted by Gasteiger charge is 2.57. The van der Waals surface area contributed by atoms with E-state index in [1.54, 1.807) is 17.0 Å². The van der Waals surface area contributed by atoms with Crippen LogP contribution >= 0.6 is 0 Å². The highest BCUT2D eigenvalue weighted by atomic mass is 16.4. The highest BCUT2D eigenvalue weighted by molar-refractivity contribution is 6.25. The van der Waals surface area contributed by atoms with Gasteiger partial charge < -0.3 is 10.0 Å². The first kappa shape index (κ1) is 18.7. The second-order valence-electron chi connectivity index (χ2n) is 7.39. The molecule has 0 spiro atoms. The summed E-state index contributed by atoms with van der Waals surface area (Å²) in [6, 6.07) is 20.5. The summed E-state index contributed by atoms with van der Waals surface area (Å²) < 4.78 is 0. The molecule has 31 heavy (non-hydrogen) atoms. The van der Waals surface area contributed by atoms with Crippen LogP contribution < -0.4 is 4.90 Å². The van der Waals surface area contributed by atoms with Crippen molar-refractivity contribution in [2.45, 2.75) is 12.1 Å². The van der Waals surface area contributed by atoms with Crippen LogP contribution in [-0.2, 0) is 4.79 Å². The molecule has 5 rings (SSSR count). The number of imide groups is 1. The van der Waals surface area contributed by atoms with Gasteiger partial charge in [-0.15, -0.1) is 0 Å². The van der Waals surface area contributed by atoms with Crippen LogP contribution in [0.3, 0.4) is 0 Å². The van der Waals surface area contributed by atoms with E-state index in [9.17, 15) is 24.3 Å². The average Bonchev–Trinajstić information content (AvgIpc) is 3.03. The van der Waals surface area contributed by atoms with Crippen LogP contribution in [0.4, 0.5) is 5.69 Å². The molecule has 1 saturated heterocycles. The summed E-state index contributed by atoms with van der Waals surface area (Å²) in [5.41, 5.74) is 1.48. The Bertz CT molecular complexity index is 1240. The molecule has 0 unspecified atom stereocenters. The topological polar surface area (TPSA) is 95.0 Å². The fraction of sp³-hybridized carbons (Fsp3) is 0.0833. The second-order valence-corrected chi connectivity index (χ2v) is 7.39. The molecule has 1 fully saturated rings. The van der Waals surface area contributed by atoms with E-state index in [2.05, 4.69) is 0 Å². The number of fused-ring (bicyclic) bond motifs is 1. The Morgan fingerprint density at radius 1 is 0.710 bits per heavy atom. The fourth-order valence-corrected chi connectivity index (χ4v) is 4.23. The van der Waals surface area contributed by atoms with Crippen LogP contribution in [0.15, 0.2) is 78.9 Å². The lowest BCUT2D eigenvalue weighted by molar-refractivity contribution is -0.130. The zero-order valence-corrected chi connectivity index (χ0v) is 16.1. The van der Waals surface area contributed by atoms with E-state index in [1.165, 1.54) is 18.2 Å². The van der Waals surface area contributed by atoms with Crippen molar-refractivity contribution in [3.05, 3.63) is 101 Å². The van der Waals surface area contributed by atoms with Crippen LogP contribution in [-0.4, -0.2) is 39.7 Å². The third-order valence-electron chi connectivity index (χ3n) is 5.69. The largest absolute Gasteiger partial charge is 0.478 e. The van der Waals surface area contributed by atoms with E-state index < -0.39 is 29.9 Å². The minimum atomic E-state index is -1.20. The molecule has 2 atom stereocenters. The minimum absolute atomic E-state index is 0.00247. The van der Waals surface area contributed by atoms with Crippen molar-refractivity contribution in [2.24, 2.45) is 0 Å². The Morgan fingerprint density at radius 2 is 1.32 bits per heavy atom. The molecular formula is C24H16N2O5. The number of hydrogen-bond acceptors (Lipinski definition) is 4. The number of amides is 3. The minimum Gasteiger partial charge on any atom is -0.478 e. The number of para-hydroxylation sites is 1. The van der Waals surface area contributed by atoms with Gasteiger partial charge in [-0.1, -0.05) is 48.5 Å². The van der Waals surface area contributed by atoms with Crippen LogP contribution in [0, 0.1) is 0 Å². The Kier molecular flexibility index (Phi) is 4.18. The molecule has 3 aromatic carbocycles. The normalized spacial score (nSPS) is 19.9. The molecule has 152 valence electrons. The number of aromatic carboxylic acids is 1. The molecule has 7 heteroatoms. The molecular weight excluding hydrogens is 396 g/mol. The average molecular weight is 412 g/mol. The molecule has 0 aromatic heterocycles. The SMILES string of the molecule is O=C(O)c1ccc2c(c1)C(=O)N([C@H]1C(=O)N(c3ccccc3)[C@@H]1c1ccccc1)C2=O. The first-order chi connectivity index (χ1) is 15.0. The van der Waals surface area contributed by atoms with E-state index >= 15 is 0 Å². The maximum atomic E-state index is 13.2. The van der Waals surface area contributed by atoms with E-state index in [0.717, 1.165) is 10.5 Å². The summed E-state index contributed by atoms with van der Waals surface area (Å²) in [7, 11) is 0. The van der Waals surface area contributed by atoms with Gasteiger partial charge in [-0.05, 0) is 35.9 Å². The number of carboxylic acid groups (broad SMARTS) is 1. The van der Waals surface area contributed by atoms with Crippen LogP contribution in [0.25, 0.3) is 0 Å². The van der Waals surface area contributed by atoms with Crippen molar-refractivity contribution in [1.82, 2.24) is 4.90 Å². The highest BCUT2D eigenvalue weighted by Crippen LogP contribution is 2.44. The van der Waals surface area contributed by atoms with Crippen molar-refractivity contribution < 1.29 is 24.3 Å². The Hall–Kier alpha value is -4.26. The number of benzene rings is 3. The van der Waals surface area contributed by atoms with Crippen LogP contribution in [0.1, 0.15) is 42.7 Å². The predicted octanol–water partition coefficient (Wildman–Crippen LogP) is 3.14. The lowest BCUT2D eigenvalue weighted by Gasteiger charge is -2.49. The van der Waals surface area contributed by atoms with Crippen molar-refractivity contribution >= 4 is 29.4 Å². The number of nitrogens with zero attached hydrogens (tertiary/aromatic N) is 2. The van der Waals surface area contributed by atoms with Crippen LogP contribution in [0.5, 0.6) is 0 Å². The van der Waals surface area contributed by atoms with Gasteiger partial charge >= 0.3 is 5.97 Å². The number of carbonyl (C=O) groups excluding carboxylic acids is 3. The van der Waals surface area contributed by atoms with Gasteiger partial charge in [0.2, 0.25) is 0 Å². The van der Waals surface area contributed by atoms with E-state index in [0.29, 0.717) is 5.69 Å². The molecule has 0 saturated carbocycles. The van der Waals surface area contributed by atoms with E-state index in [1.807, 2.05) is 48.5 Å². The smallest absolute Gasteiger partial charge is 0.335 e. The zero-order valence-electron chi connectivity index (χ0n) is 16.1. The van der Waals surface area contributed by atoms with Gasteiger partial charge in [0.1, 0.15) is 6.04 Å². The Balaban J connectivity index is 1.57. The number of carbonyl (C=O) groups is 4. The first-order valence-corrected chi connectivity index (χ1v) is 9.67. The molecule has 2 heterocycles. The van der Waals surface area contributed by atoms with Gasteiger partial charge in [0, 0.05) is 5.69 Å². The number of carboxylic acids is 1. The first-order valence-electron chi connectivity index (χ1n) is 9.67. The number of anilines is 1. The zero-order chi connectivity index (χ0) is 21.7. The summed E-state index contributed by atoms with van der Waals surface area (Å²) in [6.45, 7) is 0. The molecule has 3 amide bonds. The third-order valence-corrected chi connectivity index (χ3v) is 5.69. The monoisotopic (exact) mass is 412 g/mol. The van der Waals surface area contributed by atoms with Crippen molar-refractivity contribution in [3.63, 3.8) is 0 Å². The number of hydrogen-bond donors (Lipinski definition) is 1. The van der Waals surface area contributed by atoms with Crippen molar-refractivity contribution in [2.75, 3.05) is 4.90 Å². The van der Waals surface area contributed by atoms with E-state index in [-0.39, 0.29) is 22.6 Å². The molecule has 0 radical (unpaired) electrons. The number of rotatable bonds is 4. The molecule has 0 aliphatic carbocycles. The van der Waals surface area contributed by atoms with Gasteiger partial charge in [0.25, 0.3) is 17.7 Å². The maximum Gasteiger partial charge on any atom is 0.335 e. The molecule has 3 aromatic rings. The lowest BCUT2D eigenvalue weighted by Crippen LogP contribution is -2.67. The van der Waals surface area contributed by atoms with Gasteiger partial charge in [-0.3, -0.25) is 19.3 Å². The summed E-state index contributed by atoms with van der Waals surface area (Å²) in [6.07, 6.45) is 0. The predicted molar refractivity (Wildman–Crippen MR) is 111 cm³/mol. The summed E-state index contributed by atoms with van der Waals surface area (Å²) in [5.74, 6) is -2.81. The Morgan fingerprint density at radius 3 is 1.97 bits per heavy atom. The third kappa shape index (κ3) is 2.74. The number of β-lactam (4-membered cyclic amide) rings is 1. The molecule has 2 aliphatic heterocycles.